The molecule has 6 heteroatoms. The van der Waals surface area contributed by atoms with Gasteiger partial charge >= 0.3 is 0 Å². The van der Waals surface area contributed by atoms with Gasteiger partial charge < -0.3 is 25.2 Å². The van der Waals surface area contributed by atoms with Gasteiger partial charge in [-0.15, -0.1) is 11.8 Å². The average molecular weight is 224 g/mol. The summed E-state index contributed by atoms with van der Waals surface area (Å²) in [4.78, 5) is 0. The molecule has 0 unspecified atom stereocenters. The monoisotopic (exact) mass is 224 g/mol. The third-order valence-corrected chi connectivity index (χ3v) is 3.21. The van der Waals surface area contributed by atoms with Gasteiger partial charge in [0.05, 0.1) is 6.61 Å². The highest BCUT2D eigenvalue weighted by molar-refractivity contribution is 7.99. The minimum absolute atomic E-state index is 0.488. The molecule has 0 spiro atoms. The Morgan fingerprint density at radius 2 is 2.00 bits per heavy atom. The van der Waals surface area contributed by atoms with Gasteiger partial charge in [0, 0.05) is 0 Å². The van der Waals surface area contributed by atoms with E-state index in [4.69, 9.17) is 9.84 Å². The number of aliphatic hydroxyl groups excluding tert-OH is 4. The van der Waals surface area contributed by atoms with Crippen LogP contribution in [0.25, 0.3) is 0 Å². The Bertz CT molecular complexity index is 177. The fourth-order valence-corrected chi connectivity index (χ4v) is 2.29. The molecule has 1 fully saturated rings. The van der Waals surface area contributed by atoms with Crippen LogP contribution in [0.3, 0.4) is 0 Å². The molecular weight excluding hydrogens is 208 g/mol. The topological polar surface area (TPSA) is 90.2 Å². The number of hydrogen-bond acceptors (Lipinski definition) is 6. The molecule has 0 amide bonds. The Labute approximate surface area is 86.7 Å². The molecule has 0 aliphatic carbocycles. The predicted octanol–water partition coefficient (Wildman–Crippen LogP) is -1.46. The first-order valence-corrected chi connectivity index (χ1v) is 5.58. The standard InChI is InChI=1S/C8H16O5S/c1-2-14-8-6(12)5(11)7(13-8)4(10)3-9/h4-12H,2-3H2,1H3/t4-,5-,6-,7+,8-/m1/s1. The van der Waals surface area contributed by atoms with Crippen molar-refractivity contribution < 1.29 is 25.2 Å². The maximum absolute atomic E-state index is 9.51. The van der Waals surface area contributed by atoms with Crippen LogP contribution in [0.4, 0.5) is 0 Å². The maximum Gasteiger partial charge on any atom is 0.132 e. The quantitative estimate of drug-likeness (QED) is 0.466. The van der Waals surface area contributed by atoms with Crippen molar-refractivity contribution in [1.82, 2.24) is 0 Å². The van der Waals surface area contributed by atoms with Gasteiger partial charge in [-0.05, 0) is 5.75 Å². The minimum Gasteiger partial charge on any atom is -0.394 e. The van der Waals surface area contributed by atoms with E-state index in [9.17, 15) is 15.3 Å². The third kappa shape index (κ3) is 2.39. The molecule has 14 heavy (non-hydrogen) atoms. The molecule has 84 valence electrons. The summed E-state index contributed by atoms with van der Waals surface area (Å²) in [7, 11) is 0. The maximum atomic E-state index is 9.51. The first kappa shape index (κ1) is 12.2. The zero-order valence-electron chi connectivity index (χ0n) is 7.91. The van der Waals surface area contributed by atoms with Gasteiger partial charge in [-0.2, -0.15) is 0 Å². The van der Waals surface area contributed by atoms with Crippen molar-refractivity contribution in [3.05, 3.63) is 0 Å². The molecule has 1 heterocycles. The van der Waals surface area contributed by atoms with E-state index in [1.165, 1.54) is 11.8 Å². The zero-order valence-corrected chi connectivity index (χ0v) is 8.72. The van der Waals surface area contributed by atoms with Crippen LogP contribution < -0.4 is 0 Å². The van der Waals surface area contributed by atoms with Gasteiger partial charge in [0.15, 0.2) is 0 Å². The van der Waals surface area contributed by atoms with E-state index in [2.05, 4.69) is 0 Å². The largest absolute Gasteiger partial charge is 0.394 e. The zero-order chi connectivity index (χ0) is 10.7. The molecule has 1 aliphatic rings. The van der Waals surface area contributed by atoms with Crippen LogP contribution in [0.1, 0.15) is 6.92 Å². The Morgan fingerprint density at radius 3 is 2.50 bits per heavy atom. The number of rotatable bonds is 4. The Balaban J connectivity index is 2.57. The van der Waals surface area contributed by atoms with Gasteiger partial charge in [-0.1, -0.05) is 6.92 Å². The van der Waals surface area contributed by atoms with E-state index in [1.54, 1.807) is 0 Å². The Hall–Kier alpha value is 0.150. The molecule has 1 aliphatic heterocycles. The lowest BCUT2D eigenvalue weighted by Crippen LogP contribution is -2.40. The van der Waals surface area contributed by atoms with Crippen molar-refractivity contribution in [2.45, 2.75) is 36.8 Å². The van der Waals surface area contributed by atoms with Gasteiger partial charge in [0.1, 0.15) is 29.9 Å². The van der Waals surface area contributed by atoms with Crippen LogP contribution in [0.5, 0.6) is 0 Å². The smallest absolute Gasteiger partial charge is 0.132 e. The second-order valence-corrected chi connectivity index (χ2v) is 4.53. The summed E-state index contributed by atoms with van der Waals surface area (Å²) in [5.41, 5.74) is -0.527. The number of hydrogen-bond donors (Lipinski definition) is 4. The summed E-state index contributed by atoms with van der Waals surface area (Å²) >= 11 is 1.36. The fraction of sp³-hybridized carbons (Fsp3) is 1.00. The van der Waals surface area contributed by atoms with Crippen molar-refractivity contribution in [2.75, 3.05) is 12.4 Å². The predicted molar refractivity (Wildman–Crippen MR) is 51.9 cm³/mol. The van der Waals surface area contributed by atoms with Gasteiger partial charge in [0.2, 0.25) is 0 Å². The van der Waals surface area contributed by atoms with Crippen LogP contribution in [-0.4, -0.2) is 62.6 Å². The SMILES string of the molecule is CCS[C@H]1O[C@@H]([C@H](O)CO)[C@H](O)[C@H]1O. The fourth-order valence-electron chi connectivity index (χ4n) is 1.40. The molecule has 5 atom stereocenters. The first-order valence-electron chi connectivity index (χ1n) is 4.54. The molecular formula is C8H16O5S. The van der Waals surface area contributed by atoms with E-state index in [0.717, 1.165) is 5.75 Å². The van der Waals surface area contributed by atoms with Crippen LogP contribution in [-0.2, 0) is 4.74 Å². The summed E-state index contributed by atoms with van der Waals surface area (Å²) < 4.78 is 5.23. The normalized spacial score (nSPS) is 40.1. The molecule has 0 aromatic heterocycles. The lowest BCUT2D eigenvalue weighted by molar-refractivity contribution is -0.0713. The highest BCUT2D eigenvalue weighted by atomic mass is 32.2. The average Bonchev–Trinajstić information content (AvgIpc) is 2.46. The lowest BCUT2D eigenvalue weighted by atomic mass is 10.1. The molecule has 1 saturated heterocycles. The summed E-state index contributed by atoms with van der Waals surface area (Å²) in [6.45, 7) is 1.42. The van der Waals surface area contributed by atoms with Crippen molar-refractivity contribution in [3.8, 4) is 0 Å². The molecule has 4 N–H and O–H groups in total. The Kier molecular flexibility index (Phi) is 4.62. The van der Waals surface area contributed by atoms with Crippen molar-refractivity contribution in [2.24, 2.45) is 0 Å². The number of aliphatic hydroxyl groups is 4. The van der Waals surface area contributed by atoms with E-state index in [0.29, 0.717) is 0 Å². The molecule has 0 radical (unpaired) electrons. The van der Waals surface area contributed by atoms with E-state index in [-0.39, 0.29) is 0 Å². The van der Waals surface area contributed by atoms with Gasteiger partial charge in [0.25, 0.3) is 0 Å². The molecule has 0 saturated carbocycles. The molecule has 0 aromatic rings. The van der Waals surface area contributed by atoms with Gasteiger partial charge in [-0.3, -0.25) is 0 Å². The van der Waals surface area contributed by atoms with E-state index in [1.807, 2.05) is 6.92 Å². The van der Waals surface area contributed by atoms with Crippen LogP contribution in [0, 0.1) is 0 Å². The molecule has 0 bridgehead atoms. The lowest BCUT2D eigenvalue weighted by Gasteiger charge is -2.18. The first-order chi connectivity index (χ1) is 6.61. The van der Waals surface area contributed by atoms with Crippen LogP contribution in [0.15, 0.2) is 0 Å². The Morgan fingerprint density at radius 1 is 1.36 bits per heavy atom. The number of ether oxygens (including phenoxy) is 1. The summed E-state index contributed by atoms with van der Waals surface area (Å²) in [5, 5.41) is 37.0. The van der Waals surface area contributed by atoms with Gasteiger partial charge in [-0.25, -0.2) is 0 Å². The number of thioether (sulfide) groups is 1. The third-order valence-electron chi connectivity index (χ3n) is 2.15. The van der Waals surface area contributed by atoms with Crippen LogP contribution in [0.2, 0.25) is 0 Å². The van der Waals surface area contributed by atoms with Crippen molar-refractivity contribution in [3.63, 3.8) is 0 Å². The second-order valence-electron chi connectivity index (χ2n) is 3.16. The highest BCUT2D eigenvalue weighted by Gasteiger charge is 2.45. The van der Waals surface area contributed by atoms with Crippen LogP contribution >= 0.6 is 11.8 Å². The summed E-state index contributed by atoms with van der Waals surface area (Å²) in [6.07, 6.45) is -4.20. The second kappa shape index (κ2) is 5.29. The summed E-state index contributed by atoms with van der Waals surface area (Å²) in [6, 6.07) is 0. The minimum atomic E-state index is -1.15. The van der Waals surface area contributed by atoms with Crippen molar-refractivity contribution in [1.29, 1.82) is 0 Å². The van der Waals surface area contributed by atoms with Crippen molar-refractivity contribution >= 4 is 11.8 Å². The molecule has 5 nitrogen and oxygen atoms in total. The highest BCUT2D eigenvalue weighted by Crippen LogP contribution is 2.30. The van der Waals surface area contributed by atoms with E-state index < -0.39 is 36.5 Å². The summed E-state index contributed by atoms with van der Waals surface area (Å²) in [5.74, 6) is 0.746. The van der Waals surface area contributed by atoms with E-state index >= 15 is 0 Å². The molecule has 1 rings (SSSR count). The molecule has 0 aromatic carbocycles.